The highest BCUT2D eigenvalue weighted by atomic mass is 16.5. The molecule has 0 saturated carbocycles. The average molecular weight is 429 g/mol. The molecule has 5 aliphatic rings. The fourth-order valence-electron chi connectivity index (χ4n) is 5.26. The second-order valence-corrected chi connectivity index (χ2v) is 8.62. The molecule has 1 aromatic carbocycles. The standard InChI is InChI=1S/C25H23N3O4/c29-23-18(25(30)31)13-20-24(23)32-21-12-17(11-16-7-4-9-28(20)22(16)21)27-10-8-26-19(14-27)15-5-2-1-3-6-15/h1-7,9,11-13,19-20,22,24,26H,8,10,14H2,(H,30,31). The molecule has 2 saturated heterocycles. The third kappa shape index (κ3) is 2.92. The van der Waals surface area contributed by atoms with Gasteiger partial charge >= 0.3 is 5.97 Å². The summed E-state index contributed by atoms with van der Waals surface area (Å²) in [6, 6.07) is 10.1. The summed E-state index contributed by atoms with van der Waals surface area (Å²) in [4.78, 5) is 28.6. The highest BCUT2D eigenvalue weighted by Gasteiger charge is 2.51. The van der Waals surface area contributed by atoms with Crippen LogP contribution in [0.2, 0.25) is 0 Å². The van der Waals surface area contributed by atoms with Gasteiger partial charge in [-0.1, -0.05) is 36.4 Å². The van der Waals surface area contributed by atoms with E-state index < -0.39 is 23.9 Å². The van der Waals surface area contributed by atoms with Crippen LogP contribution in [-0.4, -0.2) is 64.5 Å². The third-order valence-electron chi connectivity index (χ3n) is 6.79. The van der Waals surface area contributed by atoms with Gasteiger partial charge in [0.05, 0.1) is 6.04 Å². The Bertz CT molecular complexity index is 1150. The number of benzene rings is 1. The van der Waals surface area contributed by atoms with Crippen molar-refractivity contribution in [1.82, 2.24) is 15.1 Å². The van der Waals surface area contributed by atoms with E-state index in [9.17, 15) is 14.7 Å². The van der Waals surface area contributed by atoms with E-state index >= 15 is 0 Å². The predicted molar refractivity (Wildman–Crippen MR) is 117 cm³/mol. The zero-order valence-electron chi connectivity index (χ0n) is 17.3. The second-order valence-electron chi connectivity index (χ2n) is 8.62. The number of nitrogens with zero attached hydrogens (tertiary/aromatic N) is 2. The van der Waals surface area contributed by atoms with Gasteiger partial charge in [0.1, 0.15) is 17.4 Å². The number of fused-ring (bicyclic) bond motifs is 2. The van der Waals surface area contributed by atoms with Crippen LogP contribution < -0.4 is 5.32 Å². The van der Waals surface area contributed by atoms with Crippen LogP contribution in [0.25, 0.3) is 0 Å². The SMILES string of the molecule is O=C(O)C1=CC2C(OC3=CC(N4CCNC(c5ccccc5)C4)=CC4=CC=CN2C43)C1=O. The molecule has 4 unspecified atom stereocenters. The van der Waals surface area contributed by atoms with E-state index in [0.29, 0.717) is 5.76 Å². The summed E-state index contributed by atoms with van der Waals surface area (Å²) in [6.07, 6.45) is 10.8. The second kappa shape index (κ2) is 7.24. The molecule has 7 heteroatoms. The van der Waals surface area contributed by atoms with Gasteiger partial charge in [-0.15, -0.1) is 0 Å². The van der Waals surface area contributed by atoms with E-state index in [-0.39, 0.29) is 17.7 Å². The van der Waals surface area contributed by atoms with E-state index in [1.54, 1.807) is 0 Å². The molecule has 0 spiro atoms. The van der Waals surface area contributed by atoms with Crippen LogP contribution >= 0.6 is 0 Å². The summed E-state index contributed by atoms with van der Waals surface area (Å²) in [5, 5.41) is 13.0. The van der Waals surface area contributed by atoms with Crippen molar-refractivity contribution in [3.05, 3.63) is 95.1 Å². The van der Waals surface area contributed by atoms with Gasteiger partial charge in [0.25, 0.3) is 0 Å². The number of ether oxygens (including phenoxy) is 1. The first-order valence-electron chi connectivity index (χ1n) is 10.9. The van der Waals surface area contributed by atoms with Gasteiger partial charge in [0.15, 0.2) is 6.10 Å². The molecular formula is C25H23N3O4. The molecule has 7 nitrogen and oxygen atoms in total. The molecule has 2 fully saturated rings. The fraction of sp³-hybridized carbons (Fsp3) is 0.280. The Hall–Kier alpha value is -3.58. The quantitative estimate of drug-likeness (QED) is 0.711. The number of allylic oxidation sites excluding steroid dienone is 3. The molecule has 2 N–H and O–H groups in total. The number of aliphatic carboxylic acids is 1. The molecule has 32 heavy (non-hydrogen) atoms. The van der Waals surface area contributed by atoms with Crippen LogP contribution in [0.5, 0.6) is 0 Å². The zero-order valence-corrected chi connectivity index (χ0v) is 17.3. The van der Waals surface area contributed by atoms with Crippen molar-refractivity contribution in [2.45, 2.75) is 24.2 Å². The van der Waals surface area contributed by atoms with Crippen LogP contribution in [0.1, 0.15) is 11.6 Å². The first-order chi connectivity index (χ1) is 15.6. The first kappa shape index (κ1) is 19.1. The van der Waals surface area contributed by atoms with Gasteiger partial charge in [-0.2, -0.15) is 0 Å². The maximum absolute atomic E-state index is 12.7. The number of rotatable bonds is 3. The number of ketones is 1. The molecule has 6 rings (SSSR count). The monoisotopic (exact) mass is 429 g/mol. The van der Waals surface area contributed by atoms with Crippen molar-refractivity contribution in [3.63, 3.8) is 0 Å². The van der Waals surface area contributed by atoms with Gasteiger partial charge in [-0.3, -0.25) is 4.79 Å². The van der Waals surface area contributed by atoms with E-state index in [1.807, 2.05) is 29.3 Å². The molecule has 0 aromatic heterocycles. The smallest absolute Gasteiger partial charge is 0.339 e. The zero-order chi connectivity index (χ0) is 21.8. The van der Waals surface area contributed by atoms with Crippen molar-refractivity contribution < 1.29 is 19.4 Å². The number of carbonyl (C=O) groups excluding carboxylic acids is 1. The van der Waals surface area contributed by atoms with Gasteiger partial charge in [-0.05, 0) is 29.4 Å². The number of morpholine rings is 1. The van der Waals surface area contributed by atoms with Crippen molar-refractivity contribution >= 4 is 11.8 Å². The van der Waals surface area contributed by atoms with Crippen molar-refractivity contribution in [2.24, 2.45) is 0 Å². The minimum absolute atomic E-state index is 0.143. The van der Waals surface area contributed by atoms with Crippen molar-refractivity contribution in [3.8, 4) is 0 Å². The Labute approximate surface area is 185 Å². The number of carbonyl (C=O) groups is 2. The number of carboxylic acids is 1. The van der Waals surface area contributed by atoms with Crippen LogP contribution in [0.3, 0.4) is 0 Å². The van der Waals surface area contributed by atoms with Crippen molar-refractivity contribution in [1.29, 1.82) is 0 Å². The van der Waals surface area contributed by atoms with E-state index in [4.69, 9.17) is 4.74 Å². The van der Waals surface area contributed by atoms with Crippen LogP contribution in [0.15, 0.2) is 89.5 Å². The van der Waals surface area contributed by atoms with Crippen LogP contribution in [0.4, 0.5) is 0 Å². The molecule has 0 amide bonds. The highest BCUT2D eigenvalue weighted by molar-refractivity contribution is 6.20. The maximum atomic E-state index is 12.7. The normalized spacial score (nSPS) is 30.4. The number of nitrogens with one attached hydrogen (secondary N) is 1. The molecule has 0 radical (unpaired) electrons. The van der Waals surface area contributed by atoms with Crippen LogP contribution in [-0.2, 0) is 14.3 Å². The first-order valence-corrected chi connectivity index (χ1v) is 10.9. The largest absolute Gasteiger partial charge is 0.481 e. The Morgan fingerprint density at radius 3 is 2.84 bits per heavy atom. The Kier molecular flexibility index (Phi) is 4.33. The molecule has 3 heterocycles. The maximum Gasteiger partial charge on any atom is 0.339 e. The Morgan fingerprint density at radius 2 is 2.03 bits per heavy atom. The lowest BCUT2D eigenvalue weighted by Crippen LogP contribution is -2.55. The van der Waals surface area contributed by atoms with Crippen molar-refractivity contribution in [2.75, 3.05) is 19.6 Å². The molecule has 162 valence electrons. The lowest BCUT2D eigenvalue weighted by molar-refractivity contribution is -0.137. The van der Waals surface area contributed by atoms with E-state index in [0.717, 1.165) is 30.9 Å². The molecule has 2 aliphatic carbocycles. The van der Waals surface area contributed by atoms with E-state index in [1.165, 1.54) is 11.6 Å². The summed E-state index contributed by atoms with van der Waals surface area (Å²) < 4.78 is 6.17. The Balaban J connectivity index is 1.31. The number of piperazine rings is 1. The summed E-state index contributed by atoms with van der Waals surface area (Å²) in [7, 11) is 0. The van der Waals surface area contributed by atoms with E-state index in [2.05, 4.69) is 46.6 Å². The Morgan fingerprint density at radius 1 is 1.19 bits per heavy atom. The third-order valence-corrected chi connectivity index (χ3v) is 6.79. The topological polar surface area (TPSA) is 82.1 Å². The molecular weight excluding hydrogens is 406 g/mol. The van der Waals surface area contributed by atoms with Gasteiger partial charge in [0, 0.05) is 43.6 Å². The summed E-state index contributed by atoms with van der Waals surface area (Å²) in [5.41, 5.74) is 3.20. The number of carboxylic acid groups (broad SMARTS) is 1. The number of hydrogen-bond acceptors (Lipinski definition) is 6. The summed E-state index contributed by atoms with van der Waals surface area (Å²) in [6.45, 7) is 2.56. The minimum Gasteiger partial charge on any atom is -0.481 e. The number of Topliss-reactive ketones (excluding diaryl/α,β-unsaturated/α-hetero) is 1. The molecule has 4 atom stereocenters. The summed E-state index contributed by atoms with van der Waals surface area (Å²) in [5.74, 6) is -0.968. The molecule has 1 aromatic rings. The minimum atomic E-state index is -1.20. The highest BCUT2D eigenvalue weighted by Crippen LogP contribution is 2.41. The fourth-order valence-corrected chi connectivity index (χ4v) is 5.26. The van der Waals surface area contributed by atoms with Gasteiger partial charge in [0.2, 0.25) is 5.78 Å². The van der Waals surface area contributed by atoms with Gasteiger partial charge in [-0.25, -0.2) is 4.79 Å². The summed E-state index contributed by atoms with van der Waals surface area (Å²) >= 11 is 0. The van der Waals surface area contributed by atoms with Gasteiger partial charge < -0.3 is 25.0 Å². The average Bonchev–Trinajstić information content (AvgIpc) is 3.17. The number of hydrogen-bond donors (Lipinski definition) is 2. The van der Waals surface area contributed by atoms with Crippen LogP contribution in [0, 0.1) is 0 Å². The lowest BCUT2D eigenvalue weighted by Gasteiger charge is -2.47. The molecule has 3 aliphatic heterocycles. The predicted octanol–water partition coefficient (Wildman–Crippen LogP) is 1.90. The lowest BCUT2D eigenvalue weighted by atomic mass is 9.90. The molecule has 0 bridgehead atoms.